The molecule has 0 bridgehead atoms. The molecule has 30 heavy (non-hydrogen) atoms. The SMILES string of the molecule is CCNc1nc(C=Cc2ccc([N+](=O)[O-])o2)nc2cc(N3CCOCC3)c(F)cc12. The molecule has 0 amide bonds. The second kappa shape index (κ2) is 8.46. The van der Waals surface area contributed by atoms with Gasteiger partial charge in [-0.2, -0.15) is 0 Å². The van der Waals surface area contributed by atoms with E-state index in [-0.39, 0.29) is 11.7 Å². The molecule has 156 valence electrons. The summed E-state index contributed by atoms with van der Waals surface area (Å²) in [4.78, 5) is 21.1. The van der Waals surface area contributed by atoms with Crippen molar-refractivity contribution >= 4 is 40.4 Å². The van der Waals surface area contributed by atoms with Gasteiger partial charge in [0.15, 0.2) is 5.82 Å². The Morgan fingerprint density at radius 3 is 2.77 bits per heavy atom. The zero-order chi connectivity index (χ0) is 21.1. The Bertz CT molecular complexity index is 1110. The van der Waals surface area contributed by atoms with Crippen LogP contribution in [0.15, 0.2) is 28.7 Å². The summed E-state index contributed by atoms with van der Waals surface area (Å²) in [5, 5.41) is 14.5. The number of morpholine rings is 1. The van der Waals surface area contributed by atoms with Gasteiger partial charge >= 0.3 is 5.88 Å². The minimum Gasteiger partial charge on any atom is -0.401 e. The summed E-state index contributed by atoms with van der Waals surface area (Å²) in [6.45, 7) is 4.84. The van der Waals surface area contributed by atoms with Gasteiger partial charge in [-0.3, -0.25) is 10.1 Å². The van der Waals surface area contributed by atoms with Gasteiger partial charge in [-0.1, -0.05) is 0 Å². The van der Waals surface area contributed by atoms with Crippen LogP contribution in [0.3, 0.4) is 0 Å². The van der Waals surface area contributed by atoms with E-state index in [9.17, 15) is 14.5 Å². The molecule has 1 aliphatic rings. The molecule has 0 spiro atoms. The molecule has 1 N–H and O–H groups in total. The van der Waals surface area contributed by atoms with Crippen molar-refractivity contribution in [2.75, 3.05) is 43.1 Å². The van der Waals surface area contributed by atoms with E-state index in [4.69, 9.17) is 9.15 Å². The lowest BCUT2D eigenvalue weighted by Gasteiger charge is -2.29. The van der Waals surface area contributed by atoms with E-state index in [0.717, 1.165) is 0 Å². The standard InChI is InChI=1S/C20H20FN5O4/c1-2-22-20-14-11-15(21)17(25-7-9-29-10-8-25)12-16(14)23-18(24-20)5-3-13-4-6-19(30-13)26(27)28/h3-6,11-12H,2,7-10H2,1H3,(H,22,23,24). The van der Waals surface area contributed by atoms with E-state index in [2.05, 4.69) is 15.3 Å². The lowest BCUT2D eigenvalue weighted by Crippen LogP contribution is -2.36. The molecule has 1 aromatic carbocycles. The first-order valence-corrected chi connectivity index (χ1v) is 9.55. The molecule has 1 saturated heterocycles. The third-order valence-electron chi connectivity index (χ3n) is 4.67. The maximum Gasteiger partial charge on any atom is 0.433 e. The second-order valence-corrected chi connectivity index (χ2v) is 6.65. The van der Waals surface area contributed by atoms with Gasteiger partial charge in [-0.25, -0.2) is 14.4 Å². The fourth-order valence-corrected chi connectivity index (χ4v) is 3.27. The number of benzene rings is 1. The first-order valence-electron chi connectivity index (χ1n) is 9.55. The Kier molecular flexibility index (Phi) is 5.57. The highest BCUT2D eigenvalue weighted by Gasteiger charge is 2.18. The van der Waals surface area contributed by atoms with Crippen LogP contribution < -0.4 is 10.2 Å². The third-order valence-corrected chi connectivity index (χ3v) is 4.67. The molecule has 0 atom stereocenters. The van der Waals surface area contributed by atoms with Gasteiger partial charge in [-0.15, -0.1) is 0 Å². The predicted molar refractivity (Wildman–Crippen MR) is 111 cm³/mol. The zero-order valence-electron chi connectivity index (χ0n) is 16.3. The minimum absolute atomic E-state index is 0.309. The Hall–Kier alpha value is -3.53. The van der Waals surface area contributed by atoms with Crippen LogP contribution in [0.2, 0.25) is 0 Å². The molecule has 0 unspecified atom stereocenters. The molecule has 0 radical (unpaired) electrons. The summed E-state index contributed by atoms with van der Waals surface area (Å²) in [6, 6.07) is 5.93. The Morgan fingerprint density at radius 2 is 2.07 bits per heavy atom. The highest BCUT2D eigenvalue weighted by atomic mass is 19.1. The van der Waals surface area contributed by atoms with E-state index >= 15 is 0 Å². The van der Waals surface area contributed by atoms with Gasteiger partial charge in [0.05, 0.1) is 30.5 Å². The molecule has 1 fully saturated rings. The summed E-state index contributed by atoms with van der Waals surface area (Å²) >= 11 is 0. The first-order chi connectivity index (χ1) is 14.5. The average molecular weight is 413 g/mol. The predicted octanol–water partition coefficient (Wildman–Crippen LogP) is 3.71. The maximum atomic E-state index is 14.8. The first kappa shape index (κ1) is 19.8. The molecule has 1 aliphatic heterocycles. The van der Waals surface area contributed by atoms with Crippen molar-refractivity contribution in [3.63, 3.8) is 0 Å². The molecule has 3 heterocycles. The summed E-state index contributed by atoms with van der Waals surface area (Å²) < 4.78 is 25.3. The number of halogens is 1. The molecule has 4 rings (SSSR count). The number of hydrogen-bond acceptors (Lipinski definition) is 8. The van der Waals surface area contributed by atoms with Crippen molar-refractivity contribution in [1.29, 1.82) is 0 Å². The number of ether oxygens (including phenoxy) is 1. The molecule has 9 nitrogen and oxygen atoms in total. The van der Waals surface area contributed by atoms with Gasteiger partial charge < -0.3 is 19.4 Å². The summed E-state index contributed by atoms with van der Waals surface area (Å²) in [5.41, 5.74) is 1.07. The van der Waals surface area contributed by atoms with Gasteiger partial charge in [0.1, 0.15) is 22.3 Å². The van der Waals surface area contributed by atoms with Crippen LogP contribution >= 0.6 is 0 Å². The highest BCUT2D eigenvalue weighted by Crippen LogP contribution is 2.29. The van der Waals surface area contributed by atoms with Crippen LogP contribution in [0.1, 0.15) is 18.5 Å². The summed E-state index contributed by atoms with van der Waals surface area (Å²) in [5.74, 6) is 0.520. The van der Waals surface area contributed by atoms with E-state index in [1.165, 1.54) is 18.2 Å². The molecular formula is C20H20FN5O4. The number of nitrogens with zero attached hydrogens (tertiary/aromatic N) is 4. The topological polar surface area (TPSA) is 107 Å². The average Bonchev–Trinajstić information content (AvgIpc) is 3.23. The van der Waals surface area contributed by atoms with Gasteiger partial charge in [0, 0.05) is 25.0 Å². The van der Waals surface area contributed by atoms with Crippen LogP contribution in [-0.4, -0.2) is 47.7 Å². The van der Waals surface area contributed by atoms with E-state index in [1.54, 1.807) is 18.2 Å². The zero-order valence-corrected chi connectivity index (χ0v) is 16.3. The quantitative estimate of drug-likeness (QED) is 0.481. The molecule has 10 heteroatoms. The normalized spacial score (nSPS) is 14.5. The van der Waals surface area contributed by atoms with Crippen molar-refractivity contribution in [2.24, 2.45) is 0 Å². The minimum atomic E-state index is -0.602. The molecule has 0 saturated carbocycles. The number of nitro groups is 1. The van der Waals surface area contributed by atoms with Gasteiger partial charge in [-0.05, 0) is 37.3 Å². The number of aromatic nitrogens is 2. The smallest absolute Gasteiger partial charge is 0.401 e. The van der Waals surface area contributed by atoms with Crippen molar-refractivity contribution in [2.45, 2.75) is 6.92 Å². The number of fused-ring (bicyclic) bond motifs is 1. The largest absolute Gasteiger partial charge is 0.433 e. The third kappa shape index (κ3) is 4.08. The van der Waals surface area contributed by atoms with Crippen molar-refractivity contribution < 1.29 is 18.5 Å². The lowest BCUT2D eigenvalue weighted by molar-refractivity contribution is -0.402. The fraction of sp³-hybridized carbons (Fsp3) is 0.300. The van der Waals surface area contributed by atoms with Gasteiger partial charge in [0.25, 0.3) is 0 Å². The number of hydrogen-bond donors (Lipinski definition) is 1. The number of anilines is 2. The summed E-state index contributed by atoms with van der Waals surface area (Å²) in [6.07, 6.45) is 3.15. The van der Waals surface area contributed by atoms with Crippen LogP contribution in [0.25, 0.3) is 23.1 Å². The molecule has 3 aromatic rings. The van der Waals surface area contributed by atoms with Crippen molar-refractivity contribution in [3.05, 3.63) is 51.8 Å². The van der Waals surface area contributed by atoms with Crippen LogP contribution in [0.4, 0.5) is 21.8 Å². The van der Waals surface area contributed by atoms with Crippen molar-refractivity contribution in [1.82, 2.24) is 9.97 Å². The maximum absolute atomic E-state index is 14.8. The fourth-order valence-electron chi connectivity index (χ4n) is 3.27. The Balaban J connectivity index is 1.72. The molecule has 2 aromatic heterocycles. The van der Waals surface area contributed by atoms with E-state index < -0.39 is 4.92 Å². The van der Waals surface area contributed by atoms with Crippen LogP contribution in [-0.2, 0) is 4.74 Å². The number of rotatable bonds is 6. The Morgan fingerprint density at radius 1 is 1.27 bits per heavy atom. The lowest BCUT2D eigenvalue weighted by atomic mass is 10.1. The number of furan rings is 1. The van der Waals surface area contributed by atoms with E-state index in [1.807, 2.05) is 11.8 Å². The van der Waals surface area contributed by atoms with Crippen LogP contribution in [0, 0.1) is 15.9 Å². The monoisotopic (exact) mass is 413 g/mol. The second-order valence-electron chi connectivity index (χ2n) is 6.65. The number of nitrogens with one attached hydrogen (secondary N) is 1. The van der Waals surface area contributed by atoms with Crippen LogP contribution in [0.5, 0.6) is 0 Å². The van der Waals surface area contributed by atoms with Crippen molar-refractivity contribution in [3.8, 4) is 0 Å². The highest BCUT2D eigenvalue weighted by molar-refractivity contribution is 5.92. The molecular weight excluding hydrogens is 393 g/mol. The Labute approximate surface area is 171 Å². The van der Waals surface area contributed by atoms with Gasteiger partial charge in [0.2, 0.25) is 0 Å². The summed E-state index contributed by atoms with van der Waals surface area (Å²) in [7, 11) is 0. The van der Waals surface area contributed by atoms with E-state index in [0.29, 0.717) is 66.8 Å². The molecule has 0 aliphatic carbocycles.